The Morgan fingerprint density at radius 2 is 2.54 bits per heavy atom. The van der Waals surface area contributed by atoms with Crippen LogP contribution in [0.2, 0.25) is 0 Å². The van der Waals surface area contributed by atoms with Crippen LogP contribution in [0.5, 0.6) is 0 Å². The Morgan fingerprint density at radius 3 is 3.15 bits per heavy atom. The second-order valence-corrected chi connectivity index (χ2v) is 3.17. The van der Waals surface area contributed by atoms with Crippen LogP contribution in [0.1, 0.15) is 18.8 Å². The molecule has 0 spiro atoms. The van der Waals surface area contributed by atoms with Crippen LogP contribution in [0.4, 0.5) is 0 Å². The van der Waals surface area contributed by atoms with E-state index in [1.807, 2.05) is 17.0 Å². The molecule has 2 N–H and O–H groups in total. The molecule has 1 aromatic heterocycles. The third-order valence-electron chi connectivity index (χ3n) is 2.04. The SMILES string of the molecule is CCN1C(=S)NNC1c1ccco1. The summed E-state index contributed by atoms with van der Waals surface area (Å²) >= 11 is 5.10. The minimum absolute atomic E-state index is 0.0208. The van der Waals surface area contributed by atoms with Gasteiger partial charge in [-0.25, -0.2) is 5.43 Å². The Hall–Kier alpha value is -1.07. The molecule has 0 aromatic carbocycles. The van der Waals surface area contributed by atoms with Gasteiger partial charge < -0.3 is 9.32 Å². The number of rotatable bonds is 2. The van der Waals surface area contributed by atoms with E-state index in [-0.39, 0.29) is 6.17 Å². The lowest BCUT2D eigenvalue weighted by molar-refractivity contribution is 0.279. The summed E-state index contributed by atoms with van der Waals surface area (Å²) in [6, 6.07) is 3.79. The second kappa shape index (κ2) is 3.35. The zero-order chi connectivity index (χ0) is 9.26. The molecule has 1 aromatic rings. The zero-order valence-electron chi connectivity index (χ0n) is 7.28. The van der Waals surface area contributed by atoms with Gasteiger partial charge in [0.05, 0.1) is 6.26 Å². The fraction of sp³-hybridized carbons (Fsp3) is 0.375. The van der Waals surface area contributed by atoms with E-state index in [9.17, 15) is 0 Å². The highest BCUT2D eigenvalue weighted by molar-refractivity contribution is 7.80. The van der Waals surface area contributed by atoms with Crippen molar-refractivity contribution >= 4 is 17.3 Å². The minimum Gasteiger partial charge on any atom is -0.466 e. The Balaban J connectivity index is 2.21. The van der Waals surface area contributed by atoms with Crippen molar-refractivity contribution in [2.75, 3.05) is 6.54 Å². The lowest BCUT2D eigenvalue weighted by atomic mass is 10.3. The van der Waals surface area contributed by atoms with Crippen LogP contribution >= 0.6 is 12.2 Å². The highest BCUT2D eigenvalue weighted by Gasteiger charge is 2.29. The summed E-state index contributed by atoms with van der Waals surface area (Å²) in [5.41, 5.74) is 5.96. The van der Waals surface area contributed by atoms with Crippen LogP contribution in [0.25, 0.3) is 0 Å². The molecule has 5 heteroatoms. The predicted octanol–water partition coefficient (Wildman–Crippen LogP) is 0.993. The standard InChI is InChI=1S/C8H11N3OS/c1-2-11-7(9-10-8(11)13)6-4-3-5-12-6/h3-5,7,9H,2H2,1H3,(H,10,13). The van der Waals surface area contributed by atoms with Gasteiger partial charge in [0.25, 0.3) is 0 Å². The van der Waals surface area contributed by atoms with Crippen molar-refractivity contribution in [1.82, 2.24) is 15.8 Å². The predicted molar refractivity (Wildman–Crippen MR) is 52.7 cm³/mol. The summed E-state index contributed by atoms with van der Waals surface area (Å²) in [5.74, 6) is 0.870. The number of hydrogen-bond acceptors (Lipinski definition) is 3. The molecule has 2 heterocycles. The van der Waals surface area contributed by atoms with Crippen molar-refractivity contribution in [2.24, 2.45) is 0 Å². The number of hydrazine groups is 1. The van der Waals surface area contributed by atoms with Crippen molar-refractivity contribution in [1.29, 1.82) is 0 Å². The molecule has 0 bridgehead atoms. The van der Waals surface area contributed by atoms with E-state index in [1.54, 1.807) is 6.26 Å². The van der Waals surface area contributed by atoms with Crippen LogP contribution in [-0.2, 0) is 0 Å². The van der Waals surface area contributed by atoms with E-state index in [0.29, 0.717) is 5.11 Å². The second-order valence-electron chi connectivity index (χ2n) is 2.78. The lowest BCUT2D eigenvalue weighted by Gasteiger charge is -2.19. The summed E-state index contributed by atoms with van der Waals surface area (Å²) in [6.45, 7) is 2.90. The summed E-state index contributed by atoms with van der Waals surface area (Å²) < 4.78 is 5.29. The van der Waals surface area contributed by atoms with Crippen molar-refractivity contribution < 1.29 is 4.42 Å². The van der Waals surface area contributed by atoms with Crippen LogP contribution in [0, 0.1) is 0 Å². The van der Waals surface area contributed by atoms with E-state index in [4.69, 9.17) is 16.6 Å². The van der Waals surface area contributed by atoms with E-state index in [2.05, 4.69) is 17.8 Å². The first-order valence-corrected chi connectivity index (χ1v) is 4.59. The fourth-order valence-electron chi connectivity index (χ4n) is 1.39. The van der Waals surface area contributed by atoms with Gasteiger partial charge in [0.1, 0.15) is 5.76 Å². The molecule has 70 valence electrons. The molecule has 4 nitrogen and oxygen atoms in total. The minimum atomic E-state index is 0.0208. The van der Waals surface area contributed by atoms with Gasteiger partial charge in [-0.3, -0.25) is 5.43 Å². The lowest BCUT2D eigenvalue weighted by Crippen LogP contribution is -2.29. The maximum absolute atomic E-state index is 5.29. The molecule has 1 fully saturated rings. The molecule has 0 aliphatic carbocycles. The highest BCUT2D eigenvalue weighted by atomic mass is 32.1. The molecule has 1 saturated heterocycles. The van der Waals surface area contributed by atoms with Crippen molar-refractivity contribution in [3.05, 3.63) is 24.2 Å². The molecule has 1 aliphatic rings. The average molecular weight is 197 g/mol. The summed E-state index contributed by atoms with van der Waals surface area (Å²) in [7, 11) is 0. The van der Waals surface area contributed by atoms with Crippen molar-refractivity contribution in [2.45, 2.75) is 13.1 Å². The van der Waals surface area contributed by atoms with Gasteiger partial charge in [0, 0.05) is 6.54 Å². The van der Waals surface area contributed by atoms with E-state index >= 15 is 0 Å². The zero-order valence-corrected chi connectivity index (χ0v) is 8.10. The van der Waals surface area contributed by atoms with Gasteiger partial charge in [-0.2, -0.15) is 0 Å². The van der Waals surface area contributed by atoms with Crippen molar-refractivity contribution in [3.8, 4) is 0 Å². The summed E-state index contributed by atoms with van der Waals surface area (Å²) in [4.78, 5) is 2.02. The Kier molecular flexibility index (Phi) is 2.20. The normalized spacial score (nSPS) is 22.1. The Labute approximate surface area is 81.9 Å². The first-order valence-electron chi connectivity index (χ1n) is 4.18. The van der Waals surface area contributed by atoms with Gasteiger partial charge in [0.15, 0.2) is 11.3 Å². The maximum Gasteiger partial charge on any atom is 0.185 e. The molecule has 13 heavy (non-hydrogen) atoms. The Bertz CT molecular complexity index is 298. The maximum atomic E-state index is 5.29. The van der Waals surface area contributed by atoms with E-state index in [1.165, 1.54) is 0 Å². The van der Waals surface area contributed by atoms with Crippen LogP contribution < -0.4 is 10.9 Å². The van der Waals surface area contributed by atoms with Crippen molar-refractivity contribution in [3.63, 3.8) is 0 Å². The molecule has 0 amide bonds. The first kappa shape index (κ1) is 8.52. The van der Waals surface area contributed by atoms with E-state index in [0.717, 1.165) is 12.3 Å². The number of thiocarbonyl (C=S) groups is 1. The third kappa shape index (κ3) is 1.40. The topological polar surface area (TPSA) is 40.4 Å². The molecule has 1 unspecified atom stereocenters. The van der Waals surface area contributed by atoms with Gasteiger partial charge in [0.2, 0.25) is 0 Å². The van der Waals surface area contributed by atoms with Gasteiger partial charge in [-0.05, 0) is 31.3 Å². The smallest absolute Gasteiger partial charge is 0.185 e. The number of nitrogens with zero attached hydrogens (tertiary/aromatic N) is 1. The van der Waals surface area contributed by atoms with Gasteiger partial charge in [-0.15, -0.1) is 0 Å². The molecule has 0 saturated carbocycles. The first-order chi connectivity index (χ1) is 6.33. The van der Waals surface area contributed by atoms with Crippen LogP contribution in [-0.4, -0.2) is 16.6 Å². The Morgan fingerprint density at radius 1 is 1.69 bits per heavy atom. The highest BCUT2D eigenvalue weighted by Crippen LogP contribution is 2.20. The largest absolute Gasteiger partial charge is 0.466 e. The fourth-order valence-corrected chi connectivity index (χ4v) is 1.69. The number of nitrogens with one attached hydrogen (secondary N) is 2. The molecule has 2 rings (SSSR count). The van der Waals surface area contributed by atoms with E-state index < -0.39 is 0 Å². The quantitative estimate of drug-likeness (QED) is 0.692. The molecule has 0 radical (unpaired) electrons. The molecule has 1 atom stereocenters. The van der Waals surface area contributed by atoms with Crippen LogP contribution in [0.3, 0.4) is 0 Å². The number of hydrogen-bond donors (Lipinski definition) is 2. The molecule has 1 aliphatic heterocycles. The summed E-state index contributed by atoms with van der Waals surface area (Å²) in [5, 5.41) is 0.712. The third-order valence-corrected chi connectivity index (χ3v) is 2.38. The van der Waals surface area contributed by atoms with Gasteiger partial charge >= 0.3 is 0 Å². The summed E-state index contributed by atoms with van der Waals surface area (Å²) in [6.07, 6.45) is 1.68. The van der Waals surface area contributed by atoms with Gasteiger partial charge in [-0.1, -0.05) is 0 Å². The van der Waals surface area contributed by atoms with Crippen LogP contribution in [0.15, 0.2) is 22.8 Å². The monoisotopic (exact) mass is 197 g/mol. The molecular formula is C8H11N3OS. The molecular weight excluding hydrogens is 186 g/mol. The number of furan rings is 1. The average Bonchev–Trinajstić information content (AvgIpc) is 2.71.